The van der Waals surface area contributed by atoms with E-state index in [0.717, 1.165) is 11.0 Å². The number of amides is 2. The van der Waals surface area contributed by atoms with E-state index in [1.54, 1.807) is 48.5 Å². The Morgan fingerprint density at radius 1 is 0.931 bits per heavy atom. The van der Waals surface area contributed by atoms with Crippen LogP contribution in [0.15, 0.2) is 72.5 Å². The number of aliphatic carboxylic acids is 1. The number of rotatable bonds is 4. The summed E-state index contributed by atoms with van der Waals surface area (Å²) in [6.45, 7) is 0. The molecular formula is C21H12N2O6. The molecule has 1 aromatic heterocycles. The molecule has 2 amide bonds. The van der Waals surface area contributed by atoms with Crippen molar-refractivity contribution in [1.82, 2.24) is 4.98 Å². The van der Waals surface area contributed by atoms with Crippen molar-refractivity contribution in [3.8, 4) is 0 Å². The number of hydrogen-bond donors (Lipinski definition) is 1. The zero-order chi connectivity index (χ0) is 20.5. The van der Waals surface area contributed by atoms with Crippen molar-refractivity contribution in [2.24, 2.45) is 0 Å². The van der Waals surface area contributed by atoms with Crippen molar-refractivity contribution in [3.63, 3.8) is 0 Å². The number of para-hydroxylation sites is 2. The smallest absolute Gasteiger partial charge is 0.336 e. The van der Waals surface area contributed by atoms with Gasteiger partial charge in [0.1, 0.15) is 0 Å². The van der Waals surface area contributed by atoms with Crippen molar-refractivity contribution in [1.29, 1.82) is 0 Å². The van der Waals surface area contributed by atoms with E-state index in [-0.39, 0.29) is 0 Å². The van der Waals surface area contributed by atoms with Crippen LogP contribution in [0.4, 0.5) is 5.69 Å². The van der Waals surface area contributed by atoms with Crippen molar-refractivity contribution < 1.29 is 29.0 Å². The zero-order valence-electron chi connectivity index (χ0n) is 14.7. The third-order valence-electron chi connectivity index (χ3n) is 4.24. The Balaban J connectivity index is 1.79. The molecule has 1 aliphatic heterocycles. The lowest BCUT2D eigenvalue weighted by atomic mass is 10.1. The van der Waals surface area contributed by atoms with Gasteiger partial charge in [-0.2, -0.15) is 0 Å². The van der Waals surface area contributed by atoms with E-state index in [9.17, 15) is 19.2 Å². The summed E-state index contributed by atoms with van der Waals surface area (Å²) in [7, 11) is 0. The van der Waals surface area contributed by atoms with Gasteiger partial charge in [-0.15, -0.1) is 0 Å². The van der Waals surface area contributed by atoms with Gasteiger partial charge in [0.15, 0.2) is 0 Å². The summed E-state index contributed by atoms with van der Waals surface area (Å²) in [5.41, 5.74) is 1.53. The lowest BCUT2D eigenvalue weighted by molar-refractivity contribution is -0.138. The average molecular weight is 388 g/mol. The molecule has 0 saturated carbocycles. The normalized spacial score (nSPS) is 14.1. The largest absolute Gasteiger partial charge is 0.478 e. The molecule has 0 fully saturated rings. The molecule has 8 heteroatoms. The maximum atomic E-state index is 12.9. The number of anilines is 1. The van der Waals surface area contributed by atoms with E-state index in [2.05, 4.69) is 4.98 Å². The lowest BCUT2D eigenvalue weighted by Crippen LogP contribution is -2.32. The van der Waals surface area contributed by atoms with E-state index in [1.807, 2.05) is 0 Å². The minimum Gasteiger partial charge on any atom is -0.478 e. The summed E-state index contributed by atoms with van der Waals surface area (Å²) >= 11 is 0. The van der Waals surface area contributed by atoms with Crippen molar-refractivity contribution in [3.05, 3.63) is 72.5 Å². The third-order valence-corrected chi connectivity index (χ3v) is 4.24. The van der Waals surface area contributed by atoms with Crippen LogP contribution in [-0.4, -0.2) is 33.8 Å². The molecule has 0 unspecified atom stereocenters. The number of carboxylic acids is 1. The molecule has 1 N–H and O–H groups in total. The Hall–Kier alpha value is -4.33. The zero-order valence-corrected chi connectivity index (χ0v) is 14.7. The monoisotopic (exact) mass is 388 g/mol. The first kappa shape index (κ1) is 18.1. The van der Waals surface area contributed by atoms with Crippen molar-refractivity contribution in [2.75, 3.05) is 4.90 Å². The predicted octanol–water partition coefficient (Wildman–Crippen LogP) is 2.33. The van der Waals surface area contributed by atoms with Crippen LogP contribution in [-0.2, 0) is 23.9 Å². The van der Waals surface area contributed by atoms with E-state index < -0.39 is 29.5 Å². The molecule has 0 radical (unpaired) electrons. The van der Waals surface area contributed by atoms with Gasteiger partial charge in [-0.1, -0.05) is 36.4 Å². The Morgan fingerprint density at radius 3 is 2.10 bits per heavy atom. The molecule has 0 saturated heterocycles. The van der Waals surface area contributed by atoms with Gasteiger partial charge in [0, 0.05) is 22.9 Å². The number of aromatic nitrogens is 1. The van der Waals surface area contributed by atoms with Gasteiger partial charge >= 0.3 is 17.8 Å². The maximum Gasteiger partial charge on any atom is 0.336 e. The second-order valence-electron chi connectivity index (χ2n) is 6.07. The van der Waals surface area contributed by atoms with Crippen molar-refractivity contribution >= 4 is 51.2 Å². The molecular weight excluding hydrogens is 376 g/mol. The number of carbonyl (C=O) groups excluding carboxylic acids is 3. The number of pyridine rings is 1. The fourth-order valence-electron chi connectivity index (χ4n) is 3.07. The molecule has 1 aliphatic rings. The van der Waals surface area contributed by atoms with Gasteiger partial charge < -0.3 is 9.84 Å². The highest BCUT2D eigenvalue weighted by Crippen LogP contribution is 2.36. The van der Waals surface area contributed by atoms with Gasteiger partial charge in [0.2, 0.25) is 5.76 Å². The van der Waals surface area contributed by atoms with E-state index in [1.165, 1.54) is 0 Å². The molecule has 142 valence electrons. The number of carboxylic acid groups (broad SMARTS) is 1. The summed E-state index contributed by atoms with van der Waals surface area (Å²) in [5, 5.41) is 9.73. The lowest BCUT2D eigenvalue weighted by Gasteiger charge is -2.19. The number of nitrogens with zero attached hydrogens (tertiary/aromatic N) is 2. The fourth-order valence-corrected chi connectivity index (χ4v) is 3.07. The topological polar surface area (TPSA) is 114 Å². The Labute approximate surface area is 163 Å². The Morgan fingerprint density at radius 2 is 1.52 bits per heavy atom. The average Bonchev–Trinajstić information content (AvgIpc) is 2.97. The van der Waals surface area contributed by atoms with Crippen LogP contribution in [0.2, 0.25) is 0 Å². The van der Waals surface area contributed by atoms with Gasteiger partial charge in [0.05, 0.1) is 22.8 Å². The summed E-state index contributed by atoms with van der Waals surface area (Å²) in [5.74, 6) is -4.41. The summed E-state index contributed by atoms with van der Waals surface area (Å²) in [6, 6.07) is 14.1. The molecule has 8 nitrogen and oxygen atoms in total. The van der Waals surface area contributed by atoms with E-state index >= 15 is 0 Å². The standard InChI is InChI=1S/C21H12N2O6/c24-17-11-16(29-19(27)10-9-18(25)26)21(28)23(17)20-12-5-1-3-7-14(12)22-15-8-4-2-6-13(15)20/h1-11H,(H,25,26)/b10-9-. The minimum atomic E-state index is -1.35. The number of ether oxygens (including phenoxy) is 1. The van der Waals surface area contributed by atoms with Gasteiger partial charge in [0.25, 0.3) is 5.91 Å². The van der Waals surface area contributed by atoms with Crippen LogP contribution in [0.5, 0.6) is 0 Å². The minimum absolute atomic E-state index is 0.338. The van der Waals surface area contributed by atoms with Crippen molar-refractivity contribution in [2.45, 2.75) is 0 Å². The van der Waals surface area contributed by atoms with E-state index in [4.69, 9.17) is 9.84 Å². The van der Waals surface area contributed by atoms with Crippen LogP contribution in [0.1, 0.15) is 0 Å². The fraction of sp³-hybridized carbons (Fsp3) is 0. The highest BCUT2D eigenvalue weighted by atomic mass is 16.5. The Kier molecular flexibility index (Phi) is 4.36. The van der Waals surface area contributed by atoms with Crippen LogP contribution >= 0.6 is 0 Å². The number of carbonyl (C=O) groups is 4. The van der Waals surface area contributed by atoms with Crippen LogP contribution in [0.3, 0.4) is 0 Å². The first-order valence-corrected chi connectivity index (χ1v) is 8.46. The number of esters is 1. The summed E-state index contributed by atoms with van der Waals surface area (Å²) in [4.78, 5) is 53.2. The first-order chi connectivity index (χ1) is 14.0. The molecule has 2 heterocycles. The van der Waals surface area contributed by atoms with E-state index in [0.29, 0.717) is 39.6 Å². The van der Waals surface area contributed by atoms with Gasteiger partial charge in [-0.3, -0.25) is 9.59 Å². The molecule has 4 rings (SSSR count). The number of fused-ring (bicyclic) bond motifs is 2. The number of imide groups is 1. The Bertz CT molecular complexity index is 1220. The molecule has 0 bridgehead atoms. The second-order valence-corrected chi connectivity index (χ2v) is 6.07. The highest BCUT2D eigenvalue weighted by molar-refractivity contribution is 6.34. The molecule has 0 aliphatic carbocycles. The first-order valence-electron chi connectivity index (χ1n) is 8.46. The predicted molar refractivity (Wildman–Crippen MR) is 103 cm³/mol. The molecule has 0 atom stereocenters. The van der Waals surface area contributed by atoms with Crippen LogP contribution in [0, 0.1) is 0 Å². The van der Waals surface area contributed by atoms with Gasteiger partial charge in [-0.25, -0.2) is 19.5 Å². The summed E-state index contributed by atoms with van der Waals surface area (Å²) in [6.07, 6.45) is 2.13. The summed E-state index contributed by atoms with van der Waals surface area (Å²) < 4.78 is 4.86. The molecule has 0 spiro atoms. The van der Waals surface area contributed by atoms with Crippen LogP contribution < -0.4 is 4.90 Å². The SMILES string of the molecule is O=C(O)/C=C\C(=O)OC1=CC(=O)N(c2c3ccccc3nc3ccccc23)C1=O. The quantitative estimate of drug-likeness (QED) is 0.316. The number of hydrogen-bond acceptors (Lipinski definition) is 6. The molecule has 29 heavy (non-hydrogen) atoms. The second kappa shape index (κ2) is 7.01. The maximum absolute atomic E-state index is 12.9. The van der Waals surface area contributed by atoms with Crippen LogP contribution in [0.25, 0.3) is 21.8 Å². The molecule has 2 aromatic carbocycles. The van der Waals surface area contributed by atoms with Gasteiger partial charge in [-0.05, 0) is 12.1 Å². The number of benzene rings is 2. The third kappa shape index (κ3) is 3.23. The molecule has 3 aromatic rings. The highest BCUT2D eigenvalue weighted by Gasteiger charge is 2.37.